The quantitative estimate of drug-likeness (QED) is 0.537. The first-order chi connectivity index (χ1) is 12.7. The van der Waals surface area contributed by atoms with Crippen molar-refractivity contribution in [2.24, 2.45) is 0 Å². The number of rotatable bonds is 4. The Balaban J connectivity index is 1.76. The molecule has 1 atom stereocenters. The number of halogens is 1. The number of aryl methyl sites for hydroxylation is 2. The van der Waals surface area contributed by atoms with Gasteiger partial charge in [-0.05, 0) is 66.9 Å². The molecule has 142 valence electrons. The van der Waals surface area contributed by atoms with Gasteiger partial charge in [-0.2, -0.15) is 0 Å². The fraction of sp³-hybridized carbons (Fsp3) is 0.350. The molecule has 6 nitrogen and oxygen atoms in total. The summed E-state index contributed by atoms with van der Waals surface area (Å²) < 4.78 is 11.3. The van der Waals surface area contributed by atoms with Gasteiger partial charge in [-0.3, -0.25) is 9.59 Å². The number of amides is 1. The highest BCUT2D eigenvalue weighted by Crippen LogP contribution is 2.30. The maximum Gasteiger partial charge on any atom is 0.343 e. The van der Waals surface area contributed by atoms with E-state index in [1.54, 1.807) is 43.9 Å². The number of carbonyl (C=O) groups is 3. The second-order valence-corrected chi connectivity index (χ2v) is 7.37. The van der Waals surface area contributed by atoms with E-state index in [0.29, 0.717) is 40.1 Å². The van der Waals surface area contributed by atoms with Crippen molar-refractivity contribution in [1.29, 1.82) is 0 Å². The van der Waals surface area contributed by atoms with Gasteiger partial charge >= 0.3 is 5.97 Å². The molecule has 0 spiro atoms. The van der Waals surface area contributed by atoms with E-state index in [0.717, 1.165) is 11.3 Å². The third-order valence-electron chi connectivity index (χ3n) is 4.68. The third-order valence-corrected chi connectivity index (χ3v) is 5.64. The summed E-state index contributed by atoms with van der Waals surface area (Å²) in [6.07, 6.45) is -0.243. The van der Waals surface area contributed by atoms with Gasteiger partial charge in [0.05, 0.1) is 4.47 Å². The van der Waals surface area contributed by atoms with E-state index >= 15 is 0 Å². The van der Waals surface area contributed by atoms with Crippen molar-refractivity contribution in [2.45, 2.75) is 40.2 Å². The summed E-state index contributed by atoms with van der Waals surface area (Å²) >= 11 is 3.31. The minimum absolute atomic E-state index is 0.0218. The van der Waals surface area contributed by atoms with Gasteiger partial charge in [0.15, 0.2) is 6.10 Å². The molecule has 7 heteroatoms. The van der Waals surface area contributed by atoms with Crippen LogP contribution in [-0.4, -0.2) is 30.3 Å². The summed E-state index contributed by atoms with van der Waals surface area (Å²) in [5, 5.41) is 0. The molecule has 1 aromatic heterocycles. The van der Waals surface area contributed by atoms with Crippen LogP contribution in [0.5, 0.6) is 0 Å². The molecule has 1 amide bonds. The summed E-state index contributed by atoms with van der Waals surface area (Å²) in [5.74, 6) is 0.0897. The second-order valence-electron chi connectivity index (χ2n) is 6.58. The smallest absolute Gasteiger partial charge is 0.343 e. The highest BCUT2D eigenvalue weighted by Gasteiger charge is 2.28. The molecule has 2 heterocycles. The highest BCUT2D eigenvalue weighted by molar-refractivity contribution is 9.10. The molecular weight excluding hydrogens is 414 g/mol. The van der Waals surface area contributed by atoms with E-state index in [-0.39, 0.29) is 11.7 Å². The van der Waals surface area contributed by atoms with Crippen LogP contribution in [-0.2, 0) is 16.0 Å². The van der Waals surface area contributed by atoms with E-state index in [4.69, 9.17) is 9.15 Å². The van der Waals surface area contributed by atoms with Gasteiger partial charge in [0, 0.05) is 24.7 Å². The molecule has 0 aliphatic carbocycles. The summed E-state index contributed by atoms with van der Waals surface area (Å²) in [6, 6.07) is 5.20. The zero-order valence-electron chi connectivity index (χ0n) is 15.6. The number of ketones is 1. The maximum atomic E-state index is 12.7. The lowest BCUT2D eigenvalue weighted by molar-refractivity contribution is -0.116. The van der Waals surface area contributed by atoms with Crippen LogP contribution in [0.25, 0.3) is 0 Å². The Morgan fingerprint density at radius 3 is 2.52 bits per heavy atom. The maximum absolute atomic E-state index is 12.7. The minimum atomic E-state index is -0.942. The first-order valence-corrected chi connectivity index (χ1v) is 9.41. The van der Waals surface area contributed by atoms with Crippen molar-refractivity contribution in [1.82, 2.24) is 0 Å². The van der Waals surface area contributed by atoms with Gasteiger partial charge in [-0.15, -0.1) is 0 Å². The molecule has 27 heavy (non-hydrogen) atoms. The first-order valence-electron chi connectivity index (χ1n) is 8.62. The number of benzene rings is 1. The highest BCUT2D eigenvalue weighted by atomic mass is 79.9. The Kier molecular flexibility index (Phi) is 5.24. The molecule has 1 aromatic carbocycles. The number of anilines is 1. The number of hydrogen-bond donors (Lipinski definition) is 0. The molecule has 3 rings (SSSR count). The van der Waals surface area contributed by atoms with Crippen LogP contribution in [0.15, 0.2) is 27.1 Å². The number of Topliss-reactive ketones (excluding diaryl/α,β-unsaturated/α-hetero) is 1. The van der Waals surface area contributed by atoms with Crippen LogP contribution >= 0.6 is 15.9 Å². The van der Waals surface area contributed by atoms with Crippen LogP contribution in [0.3, 0.4) is 0 Å². The van der Waals surface area contributed by atoms with Crippen LogP contribution in [0, 0.1) is 13.8 Å². The fourth-order valence-electron chi connectivity index (χ4n) is 3.28. The van der Waals surface area contributed by atoms with E-state index < -0.39 is 12.1 Å². The molecule has 1 aliphatic rings. The molecule has 0 saturated heterocycles. The van der Waals surface area contributed by atoms with Gasteiger partial charge < -0.3 is 14.1 Å². The Morgan fingerprint density at radius 2 is 1.93 bits per heavy atom. The molecule has 0 N–H and O–H groups in total. The standard InChI is InChI=1S/C20H20BrNO5/c1-10-17(18(21)11(2)26-10)20(25)27-12(3)19(24)15-5-6-16-14(9-15)7-8-22(16)13(4)23/h5-6,9,12H,7-8H2,1-4H3. The Labute approximate surface area is 165 Å². The topological polar surface area (TPSA) is 76.8 Å². The summed E-state index contributed by atoms with van der Waals surface area (Å²) in [4.78, 5) is 38.5. The Morgan fingerprint density at radius 1 is 1.22 bits per heavy atom. The normalized spacial score (nSPS) is 14.0. The number of carbonyl (C=O) groups excluding carboxylic acids is 3. The number of furan rings is 1. The third kappa shape index (κ3) is 3.56. The number of ether oxygens (including phenoxy) is 1. The molecule has 1 aliphatic heterocycles. The monoisotopic (exact) mass is 433 g/mol. The average molecular weight is 434 g/mol. The molecule has 1 unspecified atom stereocenters. The van der Waals surface area contributed by atoms with Crippen molar-refractivity contribution in [3.05, 3.63) is 50.9 Å². The lowest BCUT2D eigenvalue weighted by Crippen LogP contribution is -2.26. The van der Waals surface area contributed by atoms with Crippen LogP contribution in [0.1, 0.15) is 51.6 Å². The predicted molar refractivity (Wildman–Crippen MR) is 103 cm³/mol. The molecule has 2 aromatic rings. The second kappa shape index (κ2) is 7.31. The molecule has 0 bridgehead atoms. The number of fused-ring (bicyclic) bond motifs is 1. The molecule has 0 radical (unpaired) electrons. The predicted octanol–water partition coefficient (Wildman–Crippen LogP) is 4.00. The Hall–Kier alpha value is -2.41. The van der Waals surface area contributed by atoms with Gasteiger partial charge in [-0.25, -0.2) is 4.79 Å². The lowest BCUT2D eigenvalue weighted by Gasteiger charge is -2.16. The van der Waals surface area contributed by atoms with E-state index in [9.17, 15) is 14.4 Å². The van der Waals surface area contributed by atoms with Crippen molar-refractivity contribution in [3.63, 3.8) is 0 Å². The largest absolute Gasteiger partial charge is 0.465 e. The van der Waals surface area contributed by atoms with Crippen molar-refractivity contribution in [3.8, 4) is 0 Å². The summed E-state index contributed by atoms with van der Waals surface area (Å²) in [5.41, 5.74) is 2.52. The number of hydrogen-bond acceptors (Lipinski definition) is 5. The van der Waals surface area contributed by atoms with Crippen LogP contribution in [0.4, 0.5) is 5.69 Å². The van der Waals surface area contributed by atoms with Crippen LogP contribution < -0.4 is 4.90 Å². The summed E-state index contributed by atoms with van der Waals surface area (Å²) in [6.45, 7) is 7.08. The van der Waals surface area contributed by atoms with Gasteiger partial charge in [0.2, 0.25) is 11.7 Å². The van der Waals surface area contributed by atoms with E-state index in [1.165, 1.54) is 6.92 Å². The summed E-state index contributed by atoms with van der Waals surface area (Å²) in [7, 11) is 0. The van der Waals surface area contributed by atoms with Gasteiger partial charge in [0.25, 0.3) is 0 Å². The molecule has 0 fully saturated rings. The van der Waals surface area contributed by atoms with E-state index in [2.05, 4.69) is 15.9 Å². The van der Waals surface area contributed by atoms with Crippen molar-refractivity contribution < 1.29 is 23.5 Å². The Bertz CT molecular complexity index is 946. The van der Waals surface area contributed by atoms with Gasteiger partial charge in [0.1, 0.15) is 17.1 Å². The van der Waals surface area contributed by atoms with Gasteiger partial charge in [-0.1, -0.05) is 0 Å². The van der Waals surface area contributed by atoms with E-state index in [1.807, 2.05) is 0 Å². The minimum Gasteiger partial charge on any atom is -0.465 e. The zero-order valence-corrected chi connectivity index (χ0v) is 17.2. The van der Waals surface area contributed by atoms with Crippen molar-refractivity contribution in [2.75, 3.05) is 11.4 Å². The lowest BCUT2D eigenvalue weighted by atomic mass is 10.0. The molecular formula is C20H20BrNO5. The van der Waals surface area contributed by atoms with Crippen LogP contribution in [0.2, 0.25) is 0 Å². The number of esters is 1. The fourth-order valence-corrected chi connectivity index (χ4v) is 3.80. The number of nitrogens with zero attached hydrogens (tertiary/aromatic N) is 1. The first kappa shape index (κ1) is 19.4. The average Bonchev–Trinajstić information content (AvgIpc) is 3.14. The molecule has 0 saturated carbocycles. The SMILES string of the molecule is CC(=O)N1CCc2cc(C(=O)C(C)OC(=O)c3c(C)oc(C)c3Br)ccc21. The van der Waals surface area contributed by atoms with Crippen molar-refractivity contribution >= 4 is 39.3 Å². The zero-order chi connectivity index (χ0) is 19.9.